The van der Waals surface area contributed by atoms with Crippen molar-refractivity contribution in [3.63, 3.8) is 0 Å². The molecule has 1 atom stereocenters. The van der Waals surface area contributed by atoms with E-state index < -0.39 is 0 Å². The third-order valence-electron chi connectivity index (χ3n) is 2.09. The van der Waals surface area contributed by atoms with Gasteiger partial charge in [-0.05, 0) is 43.6 Å². The number of nitrogens with zero attached hydrogens (tertiary/aromatic N) is 1. The molecule has 0 spiro atoms. The van der Waals surface area contributed by atoms with Gasteiger partial charge in [0.05, 0.1) is 5.03 Å². The Morgan fingerprint density at radius 3 is 2.80 bits per heavy atom. The second kappa shape index (κ2) is 6.13. The van der Waals surface area contributed by atoms with Gasteiger partial charge < -0.3 is 5.73 Å². The van der Waals surface area contributed by atoms with E-state index in [-0.39, 0.29) is 6.04 Å². The Labute approximate surface area is 96.7 Å². The lowest BCUT2D eigenvalue weighted by atomic mass is 10.1. The summed E-state index contributed by atoms with van der Waals surface area (Å²) in [5.74, 6) is 1.14. The molecule has 2 N–H and O–H groups in total. The van der Waals surface area contributed by atoms with Crippen molar-refractivity contribution >= 4 is 11.8 Å². The average molecular weight is 224 g/mol. The van der Waals surface area contributed by atoms with Crippen LogP contribution in [0, 0.1) is 6.92 Å². The average Bonchev–Trinajstić information content (AvgIpc) is 2.15. The molecule has 2 nitrogen and oxygen atoms in total. The Balaban J connectivity index is 2.69. The Hall–Kier alpha value is -0.540. The predicted octanol–water partition coefficient (Wildman–Crippen LogP) is 2.78. The maximum atomic E-state index is 5.76. The molecule has 1 aromatic heterocycles. The van der Waals surface area contributed by atoms with Crippen molar-refractivity contribution in [2.24, 2.45) is 5.73 Å². The maximum absolute atomic E-state index is 5.76. The molecule has 0 aromatic carbocycles. The van der Waals surface area contributed by atoms with Gasteiger partial charge in [-0.2, -0.15) is 0 Å². The van der Waals surface area contributed by atoms with Gasteiger partial charge in [-0.3, -0.25) is 0 Å². The van der Waals surface area contributed by atoms with E-state index in [9.17, 15) is 0 Å². The Morgan fingerprint density at radius 1 is 1.53 bits per heavy atom. The molecule has 0 fully saturated rings. The topological polar surface area (TPSA) is 38.9 Å². The second-order valence-corrected chi connectivity index (χ2v) is 5.08. The molecule has 1 rings (SSSR count). The first-order valence-electron chi connectivity index (χ1n) is 5.47. The fourth-order valence-electron chi connectivity index (χ4n) is 1.45. The van der Waals surface area contributed by atoms with Crippen LogP contribution in [0.3, 0.4) is 0 Å². The molecule has 1 heterocycles. The van der Waals surface area contributed by atoms with Crippen LogP contribution in [-0.4, -0.2) is 16.8 Å². The second-order valence-electron chi connectivity index (χ2n) is 4.00. The van der Waals surface area contributed by atoms with Gasteiger partial charge in [0.2, 0.25) is 0 Å². The van der Waals surface area contributed by atoms with Crippen molar-refractivity contribution in [1.82, 2.24) is 4.98 Å². The molecular formula is C12H20N2S. The molecule has 3 heteroatoms. The van der Waals surface area contributed by atoms with Crippen LogP contribution in [-0.2, 0) is 6.42 Å². The number of aryl methyl sites for hydroxylation is 1. The quantitative estimate of drug-likeness (QED) is 0.782. The van der Waals surface area contributed by atoms with Crippen molar-refractivity contribution in [2.45, 2.75) is 44.7 Å². The SMILES string of the molecule is CCCSc1ncc(CC(C)N)cc1C. The molecule has 0 radical (unpaired) electrons. The smallest absolute Gasteiger partial charge is 0.0989 e. The molecule has 0 saturated carbocycles. The summed E-state index contributed by atoms with van der Waals surface area (Å²) in [4.78, 5) is 4.48. The van der Waals surface area contributed by atoms with Crippen molar-refractivity contribution < 1.29 is 0 Å². The molecule has 0 amide bonds. The minimum absolute atomic E-state index is 0.209. The predicted molar refractivity (Wildman–Crippen MR) is 67.3 cm³/mol. The summed E-state index contributed by atoms with van der Waals surface area (Å²) in [5.41, 5.74) is 8.27. The lowest BCUT2D eigenvalue weighted by molar-refractivity contribution is 0.733. The van der Waals surface area contributed by atoms with Crippen LogP contribution in [0.15, 0.2) is 17.3 Å². The number of hydrogen-bond acceptors (Lipinski definition) is 3. The van der Waals surface area contributed by atoms with Gasteiger partial charge >= 0.3 is 0 Å². The highest BCUT2D eigenvalue weighted by atomic mass is 32.2. The highest BCUT2D eigenvalue weighted by Gasteiger charge is 2.03. The molecule has 0 aliphatic heterocycles. The van der Waals surface area contributed by atoms with Crippen LogP contribution in [0.5, 0.6) is 0 Å². The van der Waals surface area contributed by atoms with Crippen molar-refractivity contribution in [3.8, 4) is 0 Å². The number of nitrogens with two attached hydrogens (primary N) is 1. The van der Waals surface area contributed by atoms with Crippen LogP contribution in [0.1, 0.15) is 31.4 Å². The standard InChI is InChI=1S/C12H20N2S/c1-4-5-15-12-9(2)6-11(8-14-12)7-10(3)13/h6,8,10H,4-5,7,13H2,1-3H3. The molecule has 1 aromatic rings. The number of aromatic nitrogens is 1. The Morgan fingerprint density at radius 2 is 2.27 bits per heavy atom. The monoisotopic (exact) mass is 224 g/mol. The van der Waals surface area contributed by atoms with Gasteiger partial charge in [-0.1, -0.05) is 13.0 Å². The molecular weight excluding hydrogens is 204 g/mol. The number of rotatable bonds is 5. The summed E-state index contributed by atoms with van der Waals surface area (Å²) in [6.07, 6.45) is 4.05. The van der Waals surface area contributed by atoms with E-state index in [0.29, 0.717) is 0 Å². The van der Waals surface area contributed by atoms with Gasteiger partial charge in [0.15, 0.2) is 0 Å². The van der Waals surface area contributed by atoms with E-state index in [4.69, 9.17) is 5.73 Å². The lowest BCUT2D eigenvalue weighted by Gasteiger charge is -2.08. The third kappa shape index (κ3) is 4.22. The van der Waals surface area contributed by atoms with Crippen molar-refractivity contribution in [2.75, 3.05) is 5.75 Å². The summed E-state index contributed by atoms with van der Waals surface area (Å²) in [7, 11) is 0. The van der Waals surface area contributed by atoms with Crippen LogP contribution < -0.4 is 5.73 Å². The van der Waals surface area contributed by atoms with Crippen molar-refractivity contribution in [1.29, 1.82) is 0 Å². The van der Waals surface area contributed by atoms with E-state index in [0.717, 1.165) is 17.2 Å². The van der Waals surface area contributed by atoms with Crippen LogP contribution in [0.2, 0.25) is 0 Å². The summed E-state index contributed by atoms with van der Waals surface area (Å²) in [5, 5.41) is 1.16. The fourth-order valence-corrected chi connectivity index (χ4v) is 2.27. The van der Waals surface area contributed by atoms with E-state index in [1.54, 1.807) is 0 Å². The van der Waals surface area contributed by atoms with Gasteiger partial charge in [0.1, 0.15) is 0 Å². The van der Waals surface area contributed by atoms with Crippen LogP contribution >= 0.6 is 11.8 Å². The minimum Gasteiger partial charge on any atom is -0.328 e. The van der Waals surface area contributed by atoms with Crippen LogP contribution in [0.4, 0.5) is 0 Å². The normalized spacial score (nSPS) is 12.8. The number of pyridine rings is 1. The fraction of sp³-hybridized carbons (Fsp3) is 0.583. The zero-order valence-corrected chi connectivity index (χ0v) is 10.6. The molecule has 15 heavy (non-hydrogen) atoms. The summed E-state index contributed by atoms with van der Waals surface area (Å²) in [6, 6.07) is 2.41. The molecule has 84 valence electrons. The Bertz CT molecular complexity index is 310. The number of thioether (sulfide) groups is 1. The zero-order chi connectivity index (χ0) is 11.3. The molecule has 0 aliphatic carbocycles. The number of hydrogen-bond donors (Lipinski definition) is 1. The minimum atomic E-state index is 0.209. The van der Waals surface area contributed by atoms with Crippen molar-refractivity contribution in [3.05, 3.63) is 23.4 Å². The van der Waals surface area contributed by atoms with Gasteiger partial charge in [0.25, 0.3) is 0 Å². The van der Waals surface area contributed by atoms with Gasteiger partial charge in [-0.25, -0.2) is 4.98 Å². The largest absolute Gasteiger partial charge is 0.328 e. The van der Waals surface area contributed by atoms with E-state index in [1.165, 1.54) is 17.5 Å². The van der Waals surface area contributed by atoms with Gasteiger partial charge in [-0.15, -0.1) is 11.8 Å². The maximum Gasteiger partial charge on any atom is 0.0989 e. The highest BCUT2D eigenvalue weighted by molar-refractivity contribution is 7.99. The van der Waals surface area contributed by atoms with Crippen LogP contribution in [0.25, 0.3) is 0 Å². The molecule has 0 bridgehead atoms. The van der Waals surface area contributed by atoms with E-state index in [2.05, 4.69) is 24.9 Å². The zero-order valence-electron chi connectivity index (χ0n) is 9.79. The first-order chi connectivity index (χ1) is 7.13. The van der Waals surface area contributed by atoms with Gasteiger partial charge in [0, 0.05) is 12.2 Å². The summed E-state index contributed by atoms with van der Waals surface area (Å²) >= 11 is 1.83. The first-order valence-corrected chi connectivity index (χ1v) is 6.46. The summed E-state index contributed by atoms with van der Waals surface area (Å²) in [6.45, 7) is 6.33. The first kappa shape index (κ1) is 12.5. The lowest BCUT2D eigenvalue weighted by Crippen LogP contribution is -2.17. The highest BCUT2D eigenvalue weighted by Crippen LogP contribution is 2.21. The molecule has 0 aliphatic rings. The molecule has 0 saturated heterocycles. The Kier molecular flexibility index (Phi) is 5.12. The summed E-state index contributed by atoms with van der Waals surface area (Å²) < 4.78 is 0. The van der Waals surface area contributed by atoms with E-state index in [1.807, 2.05) is 24.9 Å². The van der Waals surface area contributed by atoms with E-state index >= 15 is 0 Å². The third-order valence-corrected chi connectivity index (χ3v) is 3.40. The molecule has 1 unspecified atom stereocenters.